The molecule has 0 aliphatic carbocycles. The second-order valence-corrected chi connectivity index (χ2v) is 12.5. The second kappa shape index (κ2) is 17.3. The molecule has 3 N–H and O–H groups in total. The first-order valence-electron chi connectivity index (χ1n) is 16.0. The molecule has 0 spiro atoms. The lowest BCUT2D eigenvalue weighted by Gasteiger charge is -2.18. The van der Waals surface area contributed by atoms with Crippen LogP contribution in [0.3, 0.4) is 0 Å². The van der Waals surface area contributed by atoms with E-state index in [1.165, 1.54) is 39.5 Å². The molecule has 0 radical (unpaired) electrons. The van der Waals surface area contributed by atoms with Crippen molar-refractivity contribution in [3.63, 3.8) is 0 Å². The summed E-state index contributed by atoms with van der Waals surface area (Å²) in [5.41, 5.74) is 0.738. The molecule has 0 bridgehead atoms. The van der Waals surface area contributed by atoms with E-state index in [1.807, 2.05) is 0 Å². The highest BCUT2D eigenvalue weighted by molar-refractivity contribution is 8.00. The van der Waals surface area contributed by atoms with E-state index in [0.29, 0.717) is 44.5 Å². The summed E-state index contributed by atoms with van der Waals surface area (Å²) >= 11 is 1.14. The van der Waals surface area contributed by atoms with Crippen LogP contribution >= 0.6 is 11.8 Å². The van der Waals surface area contributed by atoms with Crippen LogP contribution in [0, 0.1) is 0 Å². The third kappa shape index (κ3) is 9.98. The molecule has 13 heteroatoms. The van der Waals surface area contributed by atoms with Crippen LogP contribution in [0.1, 0.15) is 32.3 Å². The van der Waals surface area contributed by atoms with Crippen LogP contribution in [-0.4, -0.2) is 39.1 Å². The maximum Gasteiger partial charge on any atom is 0.416 e. The van der Waals surface area contributed by atoms with E-state index < -0.39 is 34.7 Å². The van der Waals surface area contributed by atoms with Gasteiger partial charge in [0.2, 0.25) is 11.7 Å². The van der Waals surface area contributed by atoms with Crippen LogP contribution in [0.2, 0.25) is 0 Å². The van der Waals surface area contributed by atoms with E-state index >= 15 is 0 Å². The number of anilines is 2. The minimum atomic E-state index is -4.58. The number of halogens is 3. The number of hydrogen-bond acceptors (Lipinski definition) is 7. The van der Waals surface area contributed by atoms with Gasteiger partial charge in [-0.1, -0.05) is 60.7 Å². The first-order chi connectivity index (χ1) is 25.5. The molecule has 1 unspecified atom stereocenters. The number of ether oxygens (including phenoxy) is 3. The highest BCUT2D eigenvalue weighted by Gasteiger charge is 2.31. The van der Waals surface area contributed by atoms with Crippen molar-refractivity contribution >= 4 is 46.9 Å². The van der Waals surface area contributed by atoms with Crippen LogP contribution in [0.15, 0.2) is 132 Å². The number of alkyl halides is 3. The van der Waals surface area contributed by atoms with Crippen LogP contribution in [0.5, 0.6) is 17.2 Å². The quantitative estimate of drug-likeness (QED) is 0.0818. The minimum Gasteiger partial charge on any atom is -0.493 e. The van der Waals surface area contributed by atoms with Crippen LogP contribution in [-0.2, 0) is 15.8 Å². The van der Waals surface area contributed by atoms with E-state index in [9.17, 15) is 27.6 Å². The van der Waals surface area contributed by atoms with Gasteiger partial charge in [0.05, 0.1) is 26.9 Å². The molecule has 0 saturated heterocycles. The van der Waals surface area contributed by atoms with E-state index in [1.54, 1.807) is 97.1 Å². The largest absolute Gasteiger partial charge is 0.493 e. The van der Waals surface area contributed by atoms with Gasteiger partial charge in [0.25, 0.3) is 11.8 Å². The van der Waals surface area contributed by atoms with Crippen LogP contribution < -0.4 is 30.2 Å². The van der Waals surface area contributed by atoms with Crippen molar-refractivity contribution in [1.29, 1.82) is 0 Å². The molecule has 3 amide bonds. The molecule has 0 aliphatic heterocycles. The van der Waals surface area contributed by atoms with Gasteiger partial charge in [-0.05, 0) is 77.9 Å². The van der Waals surface area contributed by atoms with Crippen molar-refractivity contribution < 1.29 is 41.8 Å². The number of nitrogens with one attached hydrogen (secondary N) is 3. The van der Waals surface area contributed by atoms with E-state index in [2.05, 4.69) is 16.0 Å². The Morgan fingerprint density at radius 2 is 1.30 bits per heavy atom. The monoisotopic (exact) mass is 741 g/mol. The molecule has 0 fully saturated rings. The Morgan fingerprint density at radius 1 is 0.698 bits per heavy atom. The molecular weight excluding hydrogens is 708 g/mol. The standard InChI is InChI=1S/C40H34F3N3O6S/c1-50-33-21-25(22-34(51-2)35(33)52-3)20-32(46-37(47)27-14-8-5-9-15-27)38(48)44-30-18-11-19-31(24-30)53-36(26-12-6-4-7-13-26)39(49)45-29-17-10-16-28(23-29)40(41,42)43/h4-24,36H,1-3H3,(H,44,48)(H,45,49)(H,46,47)/b32-20+. The van der Waals surface area contributed by atoms with Crippen LogP contribution in [0.4, 0.5) is 24.5 Å². The van der Waals surface area contributed by atoms with Gasteiger partial charge in [0.15, 0.2) is 11.5 Å². The van der Waals surface area contributed by atoms with Gasteiger partial charge in [-0.25, -0.2) is 0 Å². The van der Waals surface area contributed by atoms with Crippen LogP contribution in [0.25, 0.3) is 6.08 Å². The fourth-order valence-corrected chi connectivity index (χ4v) is 6.24. The Bertz CT molecular complexity index is 2090. The molecular formula is C40H34F3N3O6S. The molecule has 0 saturated carbocycles. The van der Waals surface area contributed by atoms with Crippen molar-refractivity contribution in [1.82, 2.24) is 5.32 Å². The lowest BCUT2D eigenvalue weighted by molar-refractivity contribution is -0.137. The minimum absolute atomic E-state index is 0.00339. The zero-order valence-corrected chi connectivity index (χ0v) is 29.5. The molecule has 0 aromatic heterocycles. The Kier molecular flexibility index (Phi) is 12.4. The number of rotatable bonds is 13. The third-order valence-electron chi connectivity index (χ3n) is 7.67. The van der Waals surface area contributed by atoms with Crippen molar-refractivity contribution in [3.8, 4) is 17.2 Å². The van der Waals surface area contributed by atoms with Gasteiger partial charge in [-0.15, -0.1) is 11.8 Å². The summed E-state index contributed by atoms with van der Waals surface area (Å²) in [6.45, 7) is 0. The molecule has 0 aliphatic rings. The number of thioether (sulfide) groups is 1. The summed E-state index contributed by atoms with van der Waals surface area (Å²) in [6.07, 6.45) is -3.12. The van der Waals surface area contributed by atoms with Crippen molar-refractivity contribution in [3.05, 3.63) is 149 Å². The van der Waals surface area contributed by atoms with E-state index in [4.69, 9.17) is 14.2 Å². The summed E-state index contributed by atoms with van der Waals surface area (Å²) in [6, 6.07) is 31.5. The Labute approximate surface area is 308 Å². The smallest absolute Gasteiger partial charge is 0.416 e. The van der Waals surface area contributed by atoms with Gasteiger partial charge in [-0.2, -0.15) is 13.2 Å². The second-order valence-electron chi connectivity index (χ2n) is 11.3. The van der Waals surface area contributed by atoms with Crippen molar-refractivity contribution in [2.45, 2.75) is 16.3 Å². The zero-order valence-electron chi connectivity index (χ0n) is 28.7. The maximum absolute atomic E-state index is 13.8. The predicted molar refractivity (Wildman–Crippen MR) is 198 cm³/mol. The number of hydrogen-bond donors (Lipinski definition) is 3. The molecule has 5 rings (SSSR count). The summed E-state index contributed by atoms with van der Waals surface area (Å²) in [7, 11) is 4.38. The van der Waals surface area contributed by atoms with Gasteiger partial charge in [0.1, 0.15) is 10.9 Å². The highest BCUT2D eigenvalue weighted by atomic mass is 32.2. The normalized spacial score (nSPS) is 11.9. The number of carbonyl (C=O) groups is 3. The summed E-state index contributed by atoms with van der Waals surface area (Å²) < 4.78 is 56.4. The summed E-state index contributed by atoms with van der Waals surface area (Å²) in [5.74, 6) is -0.718. The number of amides is 3. The molecule has 1 atom stereocenters. The third-order valence-corrected chi connectivity index (χ3v) is 8.92. The predicted octanol–water partition coefficient (Wildman–Crippen LogP) is 8.61. The first-order valence-corrected chi connectivity index (χ1v) is 16.9. The summed E-state index contributed by atoms with van der Waals surface area (Å²) in [5, 5.41) is 7.24. The average Bonchev–Trinajstić information content (AvgIpc) is 3.16. The first kappa shape index (κ1) is 38.0. The molecule has 9 nitrogen and oxygen atoms in total. The summed E-state index contributed by atoms with van der Waals surface area (Å²) in [4.78, 5) is 41.2. The average molecular weight is 742 g/mol. The molecule has 5 aromatic carbocycles. The molecule has 53 heavy (non-hydrogen) atoms. The Hall–Kier alpha value is -6.21. The van der Waals surface area contributed by atoms with Crippen molar-refractivity contribution in [2.24, 2.45) is 0 Å². The number of benzene rings is 5. The van der Waals surface area contributed by atoms with Gasteiger partial charge >= 0.3 is 6.18 Å². The van der Waals surface area contributed by atoms with Gasteiger partial charge < -0.3 is 30.2 Å². The molecule has 5 aromatic rings. The fraction of sp³-hybridized carbons (Fsp3) is 0.125. The van der Waals surface area contributed by atoms with E-state index in [-0.39, 0.29) is 11.4 Å². The van der Waals surface area contributed by atoms with Gasteiger partial charge in [0, 0.05) is 21.8 Å². The van der Waals surface area contributed by atoms with Crippen molar-refractivity contribution in [2.75, 3.05) is 32.0 Å². The fourth-order valence-electron chi connectivity index (χ4n) is 5.16. The number of carbonyl (C=O) groups excluding carboxylic acids is 3. The zero-order chi connectivity index (χ0) is 38.0. The maximum atomic E-state index is 13.8. The Morgan fingerprint density at radius 3 is 1.91 bits per heavy atom. The van der Waals surface area contributed by atoms with Gasteiger partial charge in [-0.3, -0.25) is 14.4 Å². The van der Waals surface area contributed by atoms with E-state index in [0.717, 1.165) is 23.9 Å². The lowest BCUT2D eigenvalue weighted by atomic mass is 10.1. The highest BCUT2D eigenvalue weighted by Crippen LogP contribution is 2.40. The lowest BCUT2D eigenvalue weighted by Crippen LogP contribution is -2.30. The number of methoxy groups -OCH3 is 3. The molecule has 0 heterocycles. The Balaban J connectivity index is 1.43. The topological polar surface area (TPSA) is 115 Å². The molecule has 272 valence electrons. The SMILES string of the molecule is COc1cc(/C=C(/NC(=O)c2ccccc2)C(=O)Nc2cccc(SC(C(=O)Nc3cccc(C(F)(F)F)c3)c3ccccc3)c2)cc(OC)c1OC.